The Morgan fingerprint density at radius 3 is 2.91 bits per heavy atom. The van der Waals surface area contributed by atoms with Crippen molar-refractivity contribution in [3.05, 3.63) is 48.5 Å². The van der Waals surface area contributed by atoms with Crippen molar-refractivity contribution in [1.82, 2.24) is 19.8 Å². The lowest BCUT2D eigenvalue weighted by Crippen LogP contribution is -2.40. The number of urea groups is 1. The van der Waals surface area contributed by atoms with E-state index in [1.807, 2.05) is 46.9 Å². The molecule has 124 valence electrons. The van der Waals surface area contributed by atoms with Gasteiger partial charge in [0.1, 0.15) is 5.75 Å². The summed E-state index contributed by atoms with van der Waals surface area (Å²) in [4.78, 5) is 18.1. The van der Waals surface area contributed by atoms with Gasteiger partial charge in [0.05, 0.1) is 20.0 Å². The number of hydrogen-bond acceptors (Lipinski definition) is 3. The summed E-state index contributed by atoms with van der Waals surface area (Å²) in [7, 11) is 1.65. The first-order valence-electron chi connectivity index (χ1n) is 7.85. The Hall–Kier alpha value is -2.50. The second-order valence-corrected chi connectivity index (χ2v) is 5.22. The van der Waals surface area contributed by atoms with Crippen molar-refractivity contribution >= 4 is 6.03 Å². The summed E-state index contributed by atoms with van der Waals surface area (Å²) in [6.07, 6.45) is 6.34. The molecule has 0 aliphatic carbocycles. The van der Waals surface area contributed by atoms with Gasteiger partial charge in [-0.15, -0.1) is 0 Å². The van der Waals surface area contributed by atoms with Crippen molar-refractivity contribution in [2.24, 2.45) is 0 Å². The van der Waals surface area contributed by atoms with Gasteiger partial charge in [-0.2, -0.15) is 0 Å². The Balaban J connectivity index is 1.99. The van der Waals surface area contributed by atoms with Crippen LogP contribution in [0, 0.1) is 0 Å². The van der Waals surface area contributed by atoms with Gasteiger partial charge in [-0.25, -0.2) is 9.78 Å². The number of imidazole rings is 1. The van der Waals surface area contributed by atoms with E-state index in [-0.39, 0.29) is 6.03 Å². The number of hydrogen-bond donors (Lipinski definition) is 1. The average Bonchev–Trinajstić information content (AvgIpc) is 3.08. The largest absolute Gasteiger partial charge is 0.496 e. The standard InChI is InChI=1S/C17H24N4O2/c1-3-19-17(22)21(11-6-10-20-12-9-18-14-20)13-15-7-4-5-8-16(15)23-2/h4-5,7-9,12,14H,3,6,10-11,13H2,1-2H3,(H,19,22). The van der Waals surface area contributed by atoms with Gasteiger partial charge in [-0.3, -0.25) is 0 Å². The normalized spacial score (nSPS) is 10.3. The highest BCUT2D eigenvalue weighted by Gasteiger charge is 2.15. The zero-order valence-electron chi connectivity index (χ0n) is 13.7. The molecule has 0 atom stereocenters. The molecule has 0 unspecified atom stereocenters. The summed E-state index contributed by atoms with van der Waals surface area (Å²) >= 11 is 0. The maximum absolute atomic E-state index is 12.3. The van der Waals surface area contributed by atoms with Crippen LogP contribution < -0.4 is 10.1 Å². The molecular weight excluding hydrogens is 292 g/mol. The fraction of sp³-hybridized carbons (Fsp3) is 0.412. The van der Waals surface area contributed by atoms with Gasteiger partial charge in [0, 0.05) is 37.6 Å². The summed E-state index contributed by atoms with van der Waals surface area (Å²) in [5.74, 6) is 0.802. The Bertz CT molecular complexity index is 598. The Labute approximate surface area is 137 Å². The predicted octanol–water partition coefficient (Wildman–Crippen LogP) is 2.51. The summed E-state index contributed by atoms with van der Waals surface area (Å²) < 4.78 is 7.39. The molecule has 0 aliphatic rings. The van der Waals surface area contributed by atoms with Crippen LogP contribution in [0.3, 0.4) is 0 Å². The molecule has 0 fully saturated rings. The molecule has 2 aromatic rings. The lowest BCUT2D eigenvalue weighted by atomic mass is 10.2. The van der Waals surface area contributed by atoms with E-state index in [0.717, 1.165) is 24.3 Å². The van der Waals surface area contributed by atoms with Gasteiger partial charge in [-0.05, 0) is 19.4 Å². The molecule has 0 radical (unpaired) electrons. The van der Waals surface area contributed by atoms with Gasteiger partial charge in [0.2, 0.25) is 0 Å². The molecule has 1 aromatic carbocycles. The van der Waals surface area contributed by atoms with E-state index < -0.39 is 0 Å². The third kappa shape index (κ3) is 5.02. The zero-order valence-corrected chi connectivity index (χ0v) is 13.7. The van der Waals surface area contributed by atoms with E-state index in [4.69, 9.17) is 4.74 Å². The van der Waals surface area contributed by atoms with Crippen LogP contribution >= 0.6 is 0 Å². The lowest BCUT2D eigenvalue weighted by molar-refractivity contribution is 0.193. The third-order valence-corrected chi connectivity index (χ3v) is 3.57. The van der Waals surface area contributed by atoms with E-state index in [2.05, 4.69) is 10.3 Å². The molecule has 0 saturated heterocycles. The fourth-order valence-corrected chi connectivity index (χ4v) is 2.42. The Kier molecular flexibility index (Phi) is 6.47. The van der Waals surface area contributed by atoms with Crippen LogP contribution in [-0.4, -0.2) is 40.7 Å². The number of rotatable bonds is 8. The van der Waals surface area contributed by atoms with E-state index >= 15 is 0 Å². The minimum atomic E-state index is -0.0518. The second kappa shape index (κ2) is 8.82. The van der Waals surface area contributed by atoms with Crippen LogP contribution in [0.25, 0.3) is 0 Å². The van der Waals surface area contributed by atoms with Crippen LogP contribution in [-0.2, 0) is 13.1 Å². The second-order valence-electron chi connectivity index (χ2n) is 5.22. The Morgan fingerprint density at radius 2 is 2.22 bits per heavy atom. The van der Waals surface area contributed by atoms with Gasteiger partial charge in [0.15, 0.2) is 0 Å². The summed E-state index contributed by atoms with van der Waals surface area (Å²) in [5.41, 5.74) is 1.00. The van der Waals surface area contributed by atoms with Crippen LogP contribution in [0.5, 0.6) is 5.75 Å². The SMILES string of the molecule is CCNC(=O)N(CCCn1ccnc1)Cc1ccccc1OC. The predicted molar refractivity (Wildman–Crippen MR) is 89.3 cm³/mol. The van der Waals surface area contributed by atoms with Crippen LogP contribution in [0.2, 0.25) is 0 Å². The van der Waals surface area contributed by atoms with Gasteiger partial charge < -0.3 is 19.5 Å². The highest BCUT2D eigenvalue weighted by Crippen LogP contribution is 2.19. The Morgan fingerprint density at radius 1 is 1.39 bits per heavy atom. The van der Waals surface area contributed by atoms with E-state index in [9.17, 15) is 4.79 Å². The van der Waals surface area contributed by atoms with Crippen LogP contribution in [0.1, 0.15) is 18.9 Å². The maximum atomic E-state index is 12.3. The van der Waals surface area contributed by atoms with E-state index in [0.29, 0.717) is 19.6 Å². The van der Waals surface area contributed by atoms with Crippen molar-refractivity contribution in [2.75, 3.05) is 20.2 Å². The topological polar surface area (TPSA) is 59.4 Å². The summed E-state index contributed by atoms with van der Waals surface area (Å²) in [5, 5.41) is 2.87. The minimum Gasteiger partial charge on any atom is -0.496 e. The quantitative estimate of drug-likeness (QED) is 0.814. The summed E-state index contributed by atoms with van der Waals surface area (Å²) in [6, 6.07) is 7.73. The number of carbonyl (C=O) groups is 1. The number of methoxy groups -OCH3 is 1. The van der Waals surface area contributed by atoms with Crippen LogP contribution in [0.15, 0.2) is 43.0 Å². The average molecular weight is 316 g/mol. The molecule has 23 heavy (non-hydrogen) atoms. The number of ether oxygens (including phenoxy) is 1. The molecular formula is C17H24N4O2. The van der Waals surface area contributed by atoms with Gasteiger partial charge in [-0.1, -0.05) is 18.2 Å². The van der Waals surface area contributed by atoms with Gasteiger partial charge in [0.25, 0.3) is 0 Å². The van der Waals surface area contributed by atoms with Crippen molar-refractivity contribution in [3.8, 4) is 5.75 Å². The molecule has 0 aliphatic heterocycles. The molecule has 6 nitrogen and oxygen atoms in total. The first-order chi connectivity index (χ1) is 11.2. The number of nitrogens with zero attached hydrogens (tertiary/aromatic N) is 3. The molecule has 2 rings (SSSR count). The third-order valence-electron chi connectivity index (χ3n) is 3.57. The molecule has 2 amide bonds. The zero-order chi connectivity index (χ0) is 16.5. The maximum Gasteiger partial charge on any atom is 0.317 e. The molecule has 0 bridgehead atoms. The molecule has 0 saturated carbocycles. The smallest absolute Gasteiger partial charge is 0.317 e. The highest BCUT2D eigenvalue weighted by molar-refractivity contribution is 5.74. The number of benzene rings is 1. The summed E-state index contributed by atoms with van der Waals surface area (Å²) in [6.45, 7) is 4.57. The number of para-hydroxylation sites is 1. The lowest BCUT2D eigenvalue weighted by Gasteiger charge is -2.24. The molecule has 0 spiro atoms. The molecule has 1 aromatic heterocycles. The molecule has 1 heterocycles. The number of carbonyl (C=O) groups excluding carboxylic acids is 1. The van der Waals surface area contributed by atoms with E-state index in [1.165, 1.54) is 0 Å². The van der Waals surface area contributed by atoms with Crippen molar-refractivity contribution in [3.63, 3.8) is 0 Å². The first kappa shape index (κ1) is 16.9. The highest BCUT2D eigenvalue weighted by atomic mass is 16.5. The fourth-order valence-electron chi connectivity index (χ4n) is 2.42. The molecule has 1 N–H and O–H groups in total. The number of amides is 2. The first-order valence-corrected chi connectivity index (χ1v) is 7.85. The van der Waals surface area contributed by atoms with Crippen molar-refractivity contribution < 1.29 is 9.53 Å². The monoisotopic (exact) mass is 316 g/mol. The van der Waals surface area contributed by atoms with Gasteiger partial charge >= 0.3 is 6.03 Å². The number of nitrogens with one attached hydrogen (secondary N) is 1. The number of aromatic nitrogens is 2. The van der Waals surface area contributed by atoms with Crippen molar-refractivity contribution in [1.29, 1.82) is 0 Å². The van der Waals surface area contributed by atoms with Crippen molar-refractivity contribution in [2.45, 2.75) is 26.4 Å². The number of aryl methyl sites for hydroxylation is 1. The minimum absolute atomic E-state index is 0.0518. The van der Waals surface area contributed by atoms with Crippen LogP contribution in [0.4, 0.5) is 4.79 Å². The van der Waals surface area contributed by atoms with E-state index in [1.54, 1.807) is 19.6 Å². The molecule has 6 heteroatoms.